The minimum atomic E-state index is -0.878. The SMILES string of the molecule is C.Cn1cc(C(=O)O)c2ccccc21. The molecule has 74 valence electrons. The fourth-order valence-electron chi connectivity index (χ4n) is 1.51. The molecule has 3 nitrogen and oxygen atoms in total. The number of carboxylic acids is 1. The molecule has 0 fully saturated rings. The van der Waals surface area contributed by atoms with Gasteiger partial charge in [-0.05, 0) is 6.07 Å². The number of fused-ring (bicyclic) bond motifs is 1. The van der Waals surface area contributed by atoms with Crippen molar-refractivity contribution in [2.45, 2.75) is 7.43 Å². The van der Waals surface area contributed by atoms with E-state index in [1.807, 2.05) is 35.9 Å². The van der Waals surface area contributed by atoms with Crippen molar-refractivity contribution in [3.05, 3.63) is 36.0 Å². The van der Waals surface area contributed by atoms with E-state index in [-0.39, 0.29) is 7.43 Å². The molecule has 0 aliphatic heterocycles. The number of benzene rings is 1. The number of hydrogen-bond donors (Lipinski definition) is 1. The van der Waals surface area contributed by atoms with Crippen molar-refractivity contribution < 1.29 is 9.90 Å². The van der Waals surface area contributed by atoms with E-state index >= 15 is 0 Å². The van der Waals surface area contributed by atoms with Crippen LogP contribution < -0.4 is 0 Å². The van der Waals surface area contributed by atoms with Crippen LogP contribution in [-0.2, 0) is 7.05 Å². The largest absolute Gasteiger partial charge is 0.478 e. The summed E-state index contributed by atoms with van der Waals surface area (Å²) in [6.07, 6.45) is 1.63. The summed E-state index contributed by atoms with van der Waals surface area (Å²) >= 11 is 0. The summed E-state index contributed by atoms with van der Waals surface area (Å²) < 4.78 is 1.82. The van der Waals surface area contributed by atoms with Crippen molar-refractivity contribution in [3.63, 3.8) is 0 Å². The van der Waals surface area contributed by atoms with E-state index in [1.54, 1.807) is 6.20 Å². The van der Waals surface area contributed by atoms with Gasteiger partial charge in [0, 0.05) is 24.1 Å². The number of nitrogens with zero attached hydrogens (tertiary/aromatic N) is 1. The van der Waals surface area contributed by atoms with Crippen LogP contribution in [-0.4, -0.2) is 15.6 Å². The molecule has 0 saturated carbocycles. The Morgan fingerprint density at radius 3 is 2.64 bits per heavy atom. The highest BCUT2D eigenvalue weighted by atomic mass is 16.4. The Morgan fingerprint density at radius 1 is 1.36 bits per heavy atom. The summed E-state index contributed by atoms with van der Waals surface area (Å²) in [7, 11) is 1.84. The quantitative estimate of drug-likeness (QED) is 0.752. The Balaban J connectivity index is 0.000000980. The maximum absolute atomic E-state index is 10.8. The van der Waals surface area contributed by atoms with Gasteiger partial charge in [-0.1, -0.05) is 25.6 Å². The zero-order valence-electron chi connectivity index (χ0n) is 7.19. The van der Waals surface area contributed by atoms with Crippen molar-refractivity contribution in [3.8, 4) is 0 Å². The maximum atomic E-state index is 10.8. The third kappa shape index (κ3) is 1.37. The van der Waals surface area contributed by atoms with Crippen molar-refractivity contribution in [2.75, 3.05) is 0 Å². The van der Waals surface area contributed by atoms with Crippen molar-refractivity contribution >= 4 is 16.9 Å². The molecule has 2 aromatic rings. The van der Waals surface area contributed by atoms with Gasteiger partial charge in [0.25, 0.3) is 0 Å². The molecule has 0 atom stereocenters. The van der Waals surface area contributed by atoms with Crippen LogP contribution in [0.5, 0.6) is 0 Å². The van der Waals surface area contributed by atoms with Gasteiger partial charge in [-0.15, -0.1) is 0 Å². The topological polar surface area (TPSA) is 42.2 Å². The van der Waals surface area contributed by atoms with Crippen LogP contribution in [0.2, 0.25) is 0 Å². The molecule has 0 bridgehead atoms. The second-order valence-electron chi connectivity index (χ2n) is 2.98. The van der Waals surface area contributed by atoms with E-state index in [9.17, 15) is 4.79 Å². The first-order chi connectivity index (χ1) is 6.20. The summed E-state index contributed by atoms with van der Waals surface area (Å²) in [5.74, 6) is -0.878. The minimum Gasteiger partial charge on any atom is -0.478 e. The molecule has 0 spiro atoms. The minimum absolute atomic E-state index is 0. The second-order valence-corrected chi connectivity index (χ2v) is 2.98. The van der Waals surface area contributed by atoms with Gasteiger partial charge in [-0.3, -0.25) is 0 Å². The van der Waals surface area contributed by atoms with Gasteiger partial charge >= 0.3 is 5.97 Å². The summed E-state index contributed by atoms with van der Waals surface area (Å²) in [5.41, 5.74) is 1.30. The predicted octanol–water partition coefficient (Wildman–Crippen LogP) is 2.51. The van der Waals surface area contributed by atoms with Gasteiger partial charge in [0.1, 0.15) is 0 Å². The molecule has 0 amide bonds. The van der Waals surface area contributed by atoms with Crippen LogP contribution in [0, 0.1) is 0 Å². The van der Waals surface area contributed by atoms with Crippen LogP contribution in [0.15, 0.2) is 30.5 Å². The van der Waals surface area contributed by atoms with E-state index in [0.29, 0.717) is 5.56 Å². The lowest BCUT2D eigenvalue weighted by atomic mass is 10.2. The third-order valence-electron chi connectivity index (χ3n) is 2.13. The zero-order chi connectivity index (χ0) is 9.42. The molecular weight excluding hydrogens is 178 g/mol. The van der Waals surface area contributed by atoms with Gasteiger partial charge in [0.05, 0.1) is 5.56 Å². The molecule has 0 aliphatic carbocycles. The van der Waals surface area contributed by atoms with Crippen LogP contribution in [0.4, 0.5) is 0 Å². The number of hydrogen-bond acceptors (Lipinski definition) is 1. The first-order valence-electron chi connectivity index (χ1n) is 3.97. The Morgan fingerprint density at radius 2 is 2.00 bits per heavy atom. The standard InChI is InChI=1S/C10H9NO2.CH4/c1-11-6-8(10(12)13)7-4-2-3-5-9(7)11;/h2-6H,1H3,(H,12,13);1H4. The van der Waals surface area contributed by atoms with Gasteiger partial charge in [-0.2, -0.15) is 0 Å². The van der Waals surface area contributed by atoms with Crippen LogP contribution in [0.3, 0.4) is 0 Å². The summed E-state index contributed by atoms with van der Waals surface area (Å²) in [5, 5.41) is 9.67. The zero-order valence-corrected chi connectivity index (χ0v) is 7.19. The van der Waals surface area contributed by atoms with Crippen LogP contribution in [0.25, 0.3) is 10.9 Å². The van der Waals surface area contributed by atoms with E-state index in [1.165, 1.54) is 0 Å². The van der Waals surface area contributed by atoms with Crippen molar-refractivity contribution in [1.29, 1.82) is 0 Å². The summed E-state index contributed by atoms with van der Waals surface area (Å²) in [6, 6.07) is 7.46. The lowest BCUT2D eigenvalue weighted by molar-refractivity contribution is 0.0699. The van der Waals surface area contributed by atoms with Crippen molar-refractivity contribution in [1.82, 2.24) is 4.57 Å². The number of carbonyl (C=O) groups is 1. The number of rotatable bonds is 1. The van der Waals surface area contributed by atoms with Gasteiger partial charge in [0.2, 0.25) is 0 Å². The van der Waals surface area contributed by atoms with Crippen molar-refractivity contribution in [2.24, 2.45) is 7.05 Å². The molecular formula is C11H13NO2. The molecule has 1 N–H and O–H groups in total. The molecule has 14 heavy (non-hydrogen) atoms. The first kappa shape index (κ1) is 10.3. The van der Waals surface area contributed by atoms with E-state index < -0.39 is 5.97 Å². The highest BCUT2D eigenvalue weighted by molar-refractivity contribution is 6.03. The number of para-hydroxylation sites is 1. The molecule has 0 radical (unpaired) electrons. The lowest BCUT2D eigenvalue weighted by Crippen LogP contribution is -1.93. The normalized spacial score (nSPS) is 9.79. The molecule has 1 heterocycles. The lowest BCUT2D eigenvalue weighted by Gasteiger charge is -1.92. The predicted molar refractivity (Wildman–Crippen MR) is 56.6 cm³/mol. The summed E-state index contributed by atoms with van der Waals surface area (Å²) in [6.45, 7) is 0. The highest BCUT2D eigenvalue weighted by Gasteiger charge is 2.10. The van der Waals surface area contributed by atoms with Crippen LogP contribution >= 0.6 is 0 Å². The fourth-order valence-corrected chi connectivity index (χ4v) is 1.51. The molecule has 1 aromatic heterocycles. The third-order valence-corrected chi connectivity index (χ3v) is 2.13. The summed E-state index contributed by atoms with van der Waals surface area (Å²) in [4.78, 5) is 10.8. The molecule has 2 rings (SSSR count). The Hall–Kier alpha value is -1.77. The van der Waals surface area contributed by atoms with Gasteiger partial charge in [0.15, 0.2) is 0 Å². The molecule has 1 aromatic carbocycles. The molecule has 3 heteroatoms. The van der Waals surface area contributed by atoms with E-state index in [0.717, 1.165) is 10.9 Å². The van der Waals surface area contributed by atoms with Crippen LogP contribution in [0.1, 0.15) is 17.8 Å². The Bertz CT molecular complexity index is 471. The first-order valence-corrected chi connectivity index (χ1v) is 3.97. The molecule has 0 aliphatic rings. The number of aromatic nitrogens is 1. The Kier molecular flexibility index (Phi) is 2.60. The average molecular weight is 191 g/mol. The fraction of sp³-hybridized carbons (Fsp3) is 0.182. The van der Waals surface area contributed by atoms with Gasteiger partial charge in [-0.25, -0.2) is 4.79 Å². The molecule has 0 unspecified atom stereocenters. The smallest absolute Gasteiger partial charge is 0.337 e. The number of aromatic carboxylic acids is 1. The number of carboxylic acid groups (broad SMARTS) is 1. The molecule has 0 saturated heterocycles. The number of aryl methyl sites for hydroxylation is 1. The van der Waals surface area contributed by atoms with Gasteiger partial charge < -0.3 is 9.67 Å². The average Bonchev–Trinajstić information content (AvgIpc) is 2.45. The van der Waals surface area contributed by atoms with E-state index in [4.69, 9.17) is 5.11 Å². The highest BCUT2D eigenvalue weighted by Crippen LogP contribution is 2.19. The van der Waals surface area contributed by atoms with E-state index in [2.05, 4.69) is 0 Å². The Labute approximate surface area is 82.6 Å². The second kappa shape index (κ2) is 3.54. The maximum Gasteiger partial charge on any atom is 0.337 e. The monoisotopic (exact) mass is 191 g/mol.